The molecule has 0 bridgehead atoms. The van der Waals surface area contributed by atoms with Crippen molar-refractivity contribution in [2.24, 2.45) is 5.92 Å². The number of rotatable bonds is 3. The van der Waals surface area contributed by atoms with E-state index in [1.807, 2.05) is 13.8 Å². The highest BCUT2D eigenvalue weighted by Crippen LogP contribution is 2.15. The predicted molar refractivity (Wildman–Crippen MR) is 67.4 cm³/mol. The Labute approximate surface area is 97.0 Å². The van der Waals surface area contributed by atoms with Gasteiger partial charge in [-0.15, -0.1) is 0 Å². The van der Waals surface area contributed by atoms with Crippen molar-refractivity contribution >= 4 is 11.6 Å². The van der Waals surface area contributed by atoms with Gasteiger partial charge in [-0.25, -0.2) is 0 Å². The van der Waals surface area contributed by atoms with Crippen molar-refractivity contribution in [2.75, 3.05) is 5.73 Å². The first-order chi connectivity index (χ1) is 7.43. The lowest BCUT2D eigenvalue weighted by Crippen LogP contribution is -2.36. The molecule has 1 aromatic carbocycles. The predicted octanol–water partition coefficient (Wildman–Crippen LogP) is 2.35. The molecule has 0 aromatic heterocycles. The van der Waals surface area contributed by atoms with E-state index in [1.54, 1.807) is 18.2 Å². The van der Waals surface area contributed by atoms with Gasteiger partial charge in [0.1, 0.15) is 0 Å². The fourth-order valence-electron chi connectivity index (χ4n) is 1.35. The number of nitrogen functional groups attached to an aromatic ring is 1. The van der Waals surface area contributed by atoms with Crippen molar-refractivity contribution in [1.82, 2.24) is 5.32 Å². The molecule has 1 amide bonds. The van der Waals surface area contributed by atoms with Crippen LogP contribution in [0.5, 0.6) is 0 Å². The Morgan fingerprint density at radius 3 is 2.50 bits per heavy atom. The van der Waals surface area contributed by atoms with E-state index in [0.29, 0.717) is 17.2 Å². The van der Waals surface area contributed by atoms with Gasteiger partial charge in [0.25, 0.3) is 5.91 Å². The maximum Gasteiger partial charge on any atom is 0.251 e. The normalized spacial score (nSPS) is 12.6. The number of hydrogen-bond donors (Lipinski definition) is 2. The van der Waals surface area contributed by atoms with E-state index in [-0.39, 0.29) is 11.9 Å². The fraction of sp³-hybridized carbons (Fsp3) is 0.462. The summed E-state index contributed by atoms with van der Waals surface area (Å²) in [5, 5.41) is 2.97. The lowest BCUT2D eigenvalue weighted by atomic mass is 10.0. The molecule has 88 valence electrons. The van der Waals surface area contributed by atoms with Crippen LogP contribution >= 0.6 is 0 Å². The summed E-state index contributed by atoms with van der Waals surface area (Å²) in [5.41, 5.74) is 7.93. The highest BCUT2D eigenvalue weighted by molar-refractivity contribution is 5.97. The molecule has 0 aliphatic rings. The molecule has 3 nitrogen and oxygen atoms in total. The summed E-state index contributed by atoms with van der Waals surface area (Å²) in [6.45, 7) is 8.03. The van der Waals surface area contributed by atoms with Crippen LogP contribution in [0.3, 0.4) is 0 Å². The van der Waals surface area contributed by atoms with Crippen molar-refractivity contribution in [3.63, 3.8) is 0 Å². The molecule has 0 aliphatic carbocycles. The van der Waals surface area contributed by atoms with Crippen LogP contribution in [0.25, 0.3) is 0 Å². The maximum absolute atomic E-state index is 12.0. The largest absolute Gasteiger partial charge is 0.398 e. The van der Waals surface area contributed by atoms with E-state index in [4.69, 9.17) is 5.73 Å². The van der Waals surface area contributed by atoms with Crippen LogP contribution < -0.4 is 11.1 Å². The molecule has 0 radical (unpaired) electrons. The molecule has 1 atom stereocenters. The smallest absolute Gasteiger partial charge is 0.251 e. The summed E-state index contributed by atoms with van der Waals surface area (Å²) in [6.07, 6.45) is 0. The number of nitrogens with two attached hydrogens (primary N) is 1. The third-order valence-corrected chi connectivity index (χ3v) is 2.98. The summed E-state index contributed by atoms with van der Waals surface area (Å²) < 4.78 is 0. The Morgan fingerprint density at radius 2 is 1.94 bits per heavy atom. The van der Waals surface area contributed by atoms with E-state index < -0.39 is 0 Å². The number of hydrogen-bond acceptors (Lipinski definition) is 2. The molecule has 3 heteroatoms. The fourth-order valence-corrected chi connectivity index (χ4v) is 1.35. The van der Waals surface area contributed by atoms with Crippen molar-refractivity contribution in [3.05, 3.63) is 29.3 Å². The molecular weight excluding hydrogens is 200 g/mol. The first-order valence-corrected chi connectivity index (χ1v) is 5.59. The van der Waals surface area contributed by atoms with Crippen molar-refractivity contribution in [2.45, 2.75) is 33.7 Å². The zero-order chi connectivity index (χ0) is 12.3. The Morgan fingerprint density at radius 1 is 1.31 bits per heavy atom. The zero-order valence-corrected chi connectivity index (χ0v) is 10.4. The minimum atomic E-state index is -0.0500. The Balaban J connectivity index is 2.85. The number of nitrogens with one attached hydrogen (secondary N) is 1. The third-order valence-electron chi connectivity index (χ3n) is 2.98. The summed E-state index contributed by atoms with van der Waals surface area (Å²) >= 11 is 0. The van der Waals surface area contributed by atoms with Crippen LogP contribution in [0.15, 0.2) is 18.2 Å². The van der Waals surface area contributed by atoms with Crippen molar-refractivity contribution in [3.8, 4) is 0 Å². The van der Waals surface area contributed by atoms with Gasteiger partial charge in [0.15, 0.2) is 0 Å². The summed E-state index contributed by atoms with van der Waals surface area (Å²) in [7, 11) is 0. The van der Waals surface area contributed by atoms with Gasteiger partial charge in [0.2, 0.25) is 0 Å². The van der Waals surface area contributed by atoms with Gasteiger partial charge in [0.05, 0.1) is 0 Å². The maximum atomic E-state index is 12.0. The number of anilines is 1. The van der Waals surface area contributed by atoms with E-state index in [1.165, 1.54) is 0 Å². The first kappa shape index (κ1) is 12.6. The van der Waals surface area contributed by atoms with E-state index in [9.17, 15) is 4.79 Å². The van der Waals surface area contributed by atoms with Gasteiger partial charge in [-0.1, -0.05) is 19.9 Å². The Bertz CT molecular complexity index is 386. The monoisotopic (exact) mass is 220 g/mol. The van der Waals surface area contributed by atoms with Crippen LogP contribution in [-0.2, 0) is 0 Å². The number of carbonyl (C=O) groups excluding carboxylic acids is 1. The highest BCUT2D eigenvalue weighted by atomic mass is 16.1. The summed E-state index contributed by atoms with van der Waals surface area (Å²) in [5.74, 6) is 0.372. The molecule has 0 spiro atoms. The van der Waals surface area contributed by atoms with Crippen LogP contribution in [-0.4, -0.2) is 11.9 Å². The van der Waals surface area contributed by atoms with Gasteiger partial charge in [-0.3, -0.25) is 4.79 Å². The van der Waals surface area contributed by atoms with Crippen LogP contribution in [0.1, 0.15) is 36.7 Å². The lowest BCUT2D eigenvalue weighted by Gasteiger charge is -2.18. The van der Waals surface area contributed by atoms with Gasteiger partial charge >= 0.3 is 0 Å². The zero-order valence-electron chi connectivity index (χ0n) is 10.4. The van der Waals surface area contributed by atoms with E-state index in [0.717, 1.165) is 5.56 Å². The molecule has 16 heavy (non-hydrogen) atoms. The van der Waals surface area contributed by atoms with Crippen LogP contribution in [0.4, 0.5) is 5.69 Å². The lowest BCUT2D eigenvalue weighted by molar-refractivity contribution is 0.0930. The highest BCUT2D eigenvalue weighted by Gasteiger charge is 2.14. The average Bonchev–Trinajstić information content (AvgIpc) is 2.21. The Kier molecular flexibility index (Phi) is 3.93. The van der Waals surface area contributed by atoms with Gasteiger partial charge in [-0.2, -0.15) is 0 Å². The third kappa shape index (κ3) is 2.75. The number of carbonyl (C=O) groups is 1. The van der Waals surface area contributed by atoms with E-state index in [2.05, 4.69) is 19.2 Å². The molecule has 1 rings (SSSR count). The molecule has 0 fully saturated rings. The first-order valence-electron chi connectivity index (χ1n) is 5.59. The number of benzene rings is 1. The summed E-state index contributed by atoms with van der Waals surface area (Å²) in [4.78, 5) is 12.0. The minimum Gasteiger partial charge on any atom is -0.398 e. The molecule has 1 aromatic rings. The molecule has 0 saturated carbocycles. The Hall–Kier alpha value is -1.51. The second-order valence-electron chi connectivity index (χ2n) is 4.53. The summed E-state index contributed by atoms with van der Waals surface area (Å²) in [6, 6.07) is 5.57. The molecular formula is C13H20N2O. The molecule has 0 aliphatic heterocycles. The van der Waals surface area contributed by atoms with E-state index >= 15 is 0 Å². The quantitative estimate of drug-likeness (QED) is 0.768. The van der Waals surface area contributed by atoms with Crippen molar-refractivity contribution < 1.29 is 4.79 Å². The minimum absolute atomic E-state index is 0.0500. The van der Waals surface area contributed by atoms with Gasteiger partial charge in [0, 0.05) is 17.3 Å². The standard InChI is InChI=1S/C13H20N2O/c1-8(2)10(4)15-13(16)11-6-5-7-12(14)9(11)3/h5-8,10H,14H2,1-4H3,(H,15,16). The second-order valence-corrected chi connectivity index (χ2v) is 4.53. The average molecular weight is 220 g/mol. The van der Waals surface area contributed by atoms with Crippen molar-refractivity contribution in [1.29, 1.82) is 0 Å². The molecule has 0 heterocycles. The molecule has 3 N–H and O–H groups in total. The second kappa shape index (κ2) is 5.01. The van der Waals surface area contributed by atoms with Crippen LogP contribution in [0.2, 0.25) is 0 Å². The SMILES string of the molecule is Cc1c(N)cccc1C(=O)NC(C)C(C)C. The number of amides is 1. The molecule has 0 saturated heterocycles. The molecule has 1 unspecified atom stereocenters. The van der Waals surface area contributed by atoms with Gasteiger partial charge < -0.3 is 11.1 Å². The van der Waals surface area contributed by atoms with Gasteiger partial charge in [-0.05, 0) is 37.5 Å². The topological polar surface area (TPSA) is 55.1 Å². The van der Waals surface area contributed by atoms with Crippen LogP contribution in [0, 0.1) is 12.8 Å².